The van der Waals surface area contributed by atoms with E-state index in [0.29, 0.717) is 0 Å². The molecule has 38 heavy (non-hydrogen) atoms. The highest BCUT2D eigenvalue weighted by Gasteiger charge is 2.11. The van der Waals surface area contributed by atoms with Crippen molar-refractivity contribution < 1.29 is 66.9 Å². The lowest BCUT2D eigenvalue weighted by atomic mass is 10.1. The molecule has 10 nitrogen and oxygen atoms in total. The summed E-state index contributed by atoms with van der Waals surface area (Å²) in [5, 5.41) is 0. The van der Waals surface area contributed by atoms with Crippen molar-refractivity contribution >= 4 is 43.1 Å². The van der Waals surface area contributed by atoms with E-state index >= 15 is 0 Å². The molecule has 0 aliphatic carbocycles. The molecule has 0 fully saturated rings. The first-order valence-corrected chi connectivity index (χ1v) is 16.1. The van der Waals surface area contributed by atoms with Gasteiger partial charge in [-0.1, -0.05) is 72.6 Å². The summed E-state index contributed by atoms with van der Waals surface area (Å²) < 4.78 is 75.6. The molecule has 0 atom stereocenters. The van der Waals surface area contributed by atoms with Gasteiger partial charge in [-0.2, -0.15) is 9.13 Å². The third-order valence-corrected chi connectivity index (χ3v) is 7.43. The molecule has 4 rings (SSSR count). The number of aromatic nitrogens is 2. The highest BCUT2D eigenvalue weighted by Crippen LogP contribution is 2.17. The van der Waals surface area contributed by atoms with Gasteiger partial charge in [0.05, 0.1) is 0 Å². The Bertz CT molecular complexity index is 1110. The normalized spacial score (nSPS) is 11.7. The summed E-state index contributed by atoms with van der Waals surface area (Å²) in [6.45, 7) is 2.33. The van der Waals surface area contributed by atoms with Crippen LogP contribution in [0.15, 0.2) is 59.6 Å². The van der Waals surface area contributed by atoms with Gasteiger partial charge in [-0.15, -0.1) is 20.5 Å². The van der Waals surface area contributed by atoms with Gasteiger partial charge in [0.2, 0.25) is 22.1 Å². The average Bonchev–Trinajstić information content (AvgIpc) is 3.42. The number of benzene rings is 2. The second-order valence-electron chi connectivity index (χ2n) is 8.35. The van der Waals surface area contributed by atoms with Gasteiger partial charge in [0, 0.05) is 25.0 Å². The number of hydrogen-bond acceptors (Lipinski definition) is 10. The van der Waals surface area contributed by atoms with Gasteiger partial charge in [-0.05, 0) is 25.0 Å². The molecule has 0 aliphatic rings. The Morgan fingerprint density at radius 2 is 0.763 bits per heavy atom. The smallest absolute Gasteiger partial charge is 0.222 e. The predicted molar refractivity (Wildman–Crippen MR) is 121 cm³/mol. The van der Waals surface area contributed by atoms with Crippen molar-refractivity contribution in [2.45, 2.75) is 64.5 Å². The summed E-state index contributed by atoms with van der Waals surface area (Å²) >= 11 is 3.71. The lowest BCUT2D eigenvalue weighted by Gasteiger charge is -2.17. The third-order valence-electron chi connectivity index (χ3n) is 5.51. The molecule has 0 saturated carbocycles. The van der Waals surface area contributed by atoms with Crippen molar-refractivity contribution in [3.8, 4) is 0 Å². The van der Waals surface area contributed by atoms with E-state index in [9.17, 15) is 0 Å². The van der Waals surface area contributed by atoms with Gasteiger partial charge in [-0.25, -0.2) is 37.3 Å². The number of fused-ring (bicyclic) bond motifs is 2. The highest BCUT2D eigenvalue weighted by atomic mass is 35.7. The summed E-state index contributed by atoms with van der Waals surface area (Å²) in [7, 11) is -9.89. The van der Waals surface area contributed by atoms with E-state index in [1.54, 1.807) is 0 Å². The zero-order valence-corrected chi connectivity index (χ0v) is 23.7. The number of nitrogens with zero attached hydrogens (tertiary/aromatic N) is 2. The number of thiazole rings is 2. The van der Waals surface area contributed by atoms with Crippen LogP contribution in [-0.2, 0) is 13.1 Å². The maximum atomic E-state index is 8.49. The SMILES string of the molecule is [O-][Cl+3]([O-])([O-])[O-].[O-][Cl+3]([O-])([O-])[O-].c1ccc2c(c1)sc[n+]2CCCCCCCCCC[n+]1csc2ccccc21. The molecule has 0 radical (unpaired) electrons. The molecular formula is C24H30Cl2N2O8S2. The fourth-order valence-electron chi connectivity index (χ4n) is 3.91. The van der Waals surface area contributed by atoms with Crippen molar-refractivity contribution in [1.82, 2.24) is 0 Å². The minimum Gasteiger partial charge on any atom is -0.222 e. The van der Waals surface area contributed by atoms with E-state index in [-0.39, 0.29) is 0 Å². The van der Waals surface area contributed by atoms with E-state index in [2.05, 4.69) is 68.7 Å². The number of para-hydroxylation sites is 2. The van der Waals surface area contributed by atoms with Crippen LogP contribution in [0.1, 0.15) is 51.4 Å². The molecule has 0 unspecified atom stereocenters. The first kappa shape index (κ1) is 32.7. The summed E-state index contributed by atoms with van der Waals surface area (Å²) in [6.07, 6.45) is 10.9. The van der Waals surface area contributed by atoms with Gasteiger partial charge in [0.15, 0.2) is 0 Å². The quantitative estimate of drug-likeness (QED) is 0.127. The molecular weight excluding hydrogens is 579 g/mol. The second-order valence-corrected chi connectivity index (χ2v) is 11.6. The zero-order valence-electron chi connectivity index (χ0n) is 20.6. The minimum atomic E-state index is -4.94. The van der Waals surface area contributed by atoms with Crippen molar-refractivity contribution in [2.24, 2.45) is 0 Å². The molecule has 0 spiro atoms. The Hall–Kier alpha value is -1.52. The molecule has 0 bridgehead atoms. The largest absolute Gasteiger partial charge is 0.225 e. The van der Waals surface area contributed by atoms with Gasteiger partial charge < -0.3 is 0 Å². The van der Waals surface area contributed by atoms with Crippen LogP contribution in [0.5, 0.6) is 0 Å². The van der Waals surface area contributed by atoms with Crippen molar-refractivity contribution in [1.29, 1.82) is 0 Å². The fraction of sp³-hybridized carbons (Fsp3) is 0.417. The summed E-state index contributed by atoms with van der Waals surface area (Å²) in [5.41, 5.74) is 7.34. The Balaban J connectivity index is 0.000000435. The van der Waals surface area contributed by atoms with Crippen LogP contribution in [-0.4, -0.2) is 0 Å². The third kappa shape index (κ3) is 14.6. The van der Waals surface area contributed by atoms with Crippen LogP contribution in [0.3, 0.4) is 0 Å². The summed E-state index contributed by atoms with van der Waals surface area (Å²) in [5.74, 6) is 0. The van der Waals surface area contributed by atoms with E-state index in [1.807, 2.05) is 22.7 Å². The van der Waals surface area contributed by atoms with E-state index in [4.69, 9.17) is 37.3 Å². The standard InChI is InChI=1S/C24H30N2S2.2ClHO4/c1(3-5-11-17-25-19-27-23-15-9-7-13-21(23)25)2-4-6-12-18-26-20-28-24-16-10-8-14-22(24)26;2*2-1(3,4)5/h7-10,13-16,19-20H,1-6,11-12,17-18H2;2*(H,2,3,4,5)/q+2;;/p-2. The van der Waals surface area contributed by atoms with Crippen LogP contribution in [0.25, 0.3) is 20.4 Å². The number of halogens is 2. The Labute approximate surface area is 233 Å². The molecule has 2 aromatic heterocycles. The maximum absolute atomic E-state index is 8.49. The van der Waals surface area contributed by atoms with Crippen molar-refractivity contribution in [3.05, 3.63) is 59.6 Å². The number of rotatable bonds is 11. The molecule has 14 heteroatoms. The first-order valence-electron chi connectivity index (χ1n) is 11.9. The highest BCUT2D eigenvalue weighted by molar-refractivity contribution is 7.16. The fourth-order valence-corrected chi connectivity index (χ4v) is 5.76. The zero-order chi connectivity index (χ0) is 28.0. The predicted octanol–water partition coefficient (Wildman–Crippen LogP) is -3.00. The number of unbranched alkanes of at least 4 members (excludes halogenated alkanes) is 7. The van der Waals surface area contributed by atoms with Crippen LogP contribution >= 0.6 is 22.7 Å². The molecule has 0 N–H and O–H groups in total. The van der Waals surface area contributed by atoms with Gasteiger partial charge in [-0.3, -0.25) is 0 Å². The average molecular weight is 610 g/mol. The first-order chi connectivity index (χ1) is 17.9. The lowest BCUT2D eigenvalue weighted by molar-refractivity contribution is -2.00. The van der Waals surface area contributed by atoms with Crippen LogP contribution in [0, 0.1) is 20.5 Å². The summed E-state index contributed by atoms with van der Waals surface area (Å²) in [6, 6.07) is 17.5. The Morgan fingerprint density at radius 1 is 0.474 bits per heavy atom. The van der Waals surface area contributed by atoms with E-state index in [0.717, 1.165) is 13.1 Å². The Morgan fingerprint density at radius 3 is 1.11 bits per heavy atom. The van der Waals surface area contributed by atoms with Crippen LogP contribution in [0.2, 0.25) is 0 Å². The van der Waals surface area contributed by atoms with Gasteiger partial charge in [0.1, 0.15) is 22.5 Å². The van der Waals surface area contributed by atoms with Crippen molar-refractivity contribution in [3.63, 3.8) is 0 Å². The number of hydrogen-bond donors (Lipinski definition) is 0. The molecule has 4 aromatic rings. The van der Waals surface area contributed by atoms with E-state index < -0.39 is 20.5 Å². The lowest BCUT2D eigenvalue weighted by Crippen LogP contribution is -2.68. The monoisotopic (exact) mass is 608 g/mol. The molecule has 0 saturated heterocycles. The molecule has 2 heterocycles. The number of aryl methyl sites for hydroxylation is 2. The van der Waals surface area contributed by atoms with Crippen molar-refractivity contribution in [2.75, 3.05) is 0 Å². The van der Waals surface area contributed by atoms with Crippen LogP contribution in [0.4, 0.5) is 0 Å². The molecule has 0 amide bonds. The molecule has 0 aliphatic heterocycles. The minimum absolute atomic E-state index is 1.16. The topological polar surface area (TPSA) is 192 Å². The Kier molecular flexibility index (Phi) is 14.2. The van der Waals surface area contributed by atoms with E-state index in [1.165, 1.54) is 71.8 Å². The molecule has 2 aromatic carbocycles. The summed E-state index contributed by atoms with van der Waals surface area (Å²) in [4.78, 5) is 0. The van der Waals surface area contributed by atoms with Gasteiger partial charge in [0.25, 0.3) is 0 Å². The molecule has 210 valence electrons. The van der Waals surface area contributed by atoms with Gasteiger partial charge >= 0.3 is 0 Å². The second kappa shape index (κ2) is 16.6. The maximum Gasteiger partial charge on any atom is 0.225 e. The van der Waals surface area contributed by atoms with Crippen LogP contribution < -0.4 is 46.4 Å².